The van der Waals surface area contributed by atoms with Crippen molar-refractivity contribution in [2.24, 2.45) is 12.8 Å². The molecular formula is C24H29FN4O4. The van der Waals surface area contributed by atoms with Gasteiger partial charge in [0.2, 0.25) is 5.91 Å². The normalized spacial score (nSPS) is 16.8. The summed E-state index contributed by atoms with van der Waals surface area (Å²) in [6.07, 6.45) is 3.50. The van der Waals surface area contributed by atoms with Crippen molar-refractivity contribution in [1.82, 2.24) is 14.7 Å². The van der Waals surface area contributed by atoms with Crippen molar-refractivity contribution in [2.45, 2.75) is 25.8 Å². The first-order valence-corrected chi connectivity index (χ1v) is 11.1. The summed E-state index contributed by atoms with van der Waals surface area (Å²) in [5.74, 6) is -0.412. The molecule has 1 saturated heterocycles. The number of nitrogens with zero attached hydrogens (tertiary/aromatic N) is 3. The largest absolute Gasteiger partial charge is 0.493 e. The lowest BCUT2D eigenvalue weighted by Crippen LogP contribution is -2.45. The predicted octanol–water partition coefficient (Wildman–Crippen LogP) is 3.48. The van der Waals surface area contributed by atoms with Gasteiger partial charge >= 0.3 is 0 Å². The zero-order chi connectivity index (χ0) is 23.4. The van der Waals surface area contributed by atoms with Crippen molar-refractivity contribution in [3.8, 4) is 17.2 Å². The summed E-state index contributed by atoms with van der Waals surface area (Å²) in [6.45, 7) is 6.04. The summed E-state index contributed by atoms with van der Waals surface area (Å²) < 4.78 is 33.5. The van der Waals surface area contributed by atoms with Gasteiger partial charge in [-0.1, -0.05) is 6.92 Å². The van der Waals surface area contributed by atoms with E-state index in [1.54, 1.807) is 30.1 Å². The highest BCUT2D eigenvalue weighted by Crippen LogP contribution is 2.33. The van der Waals surface area contributed by atoms with Crippen molar-refractivity contribution in [3.05, 3.63) is 47.9 Å². The number of hydrogen-bond donors (Lipinski definition) is 1. The Morgan fingerprint density at radius 3 is 2.91 bits per heavy atom. The smallest absolute Gasteiger partial charge is 0.248 e. The van der Waals surface area contributed by atoms with E-state index in [1.807, 2.05) is 0 Å². The quantitative estimate of drug-likeness (QED) is 0.496. The van der Waals surface area contributed by atoms with Crippen LogP contribution in [0, 0.1) is 5.82 Å². The number of primary amides is 1. The minimum Gasteiger partial charge on any atom is -0.493 e. The third-order valence-electron chi connectivity index (χ3n) is 5.88. The van der Waals surface area contributed by atoms with Crippen molar-refractivity contribution in [3.63, 3.8) is 0 Å². The van der Waals surface area contributed by atoms with Crippen LogP contribution in [-0.2, 0) is 11.8 Å². The minimum atomic E-state index is -0.600. The topological polar surface area (TPSA) is 91.8 Å². The number of hydrogen-bond acceptors (Lipinski definition) is 6. The number of halogens is 1. The van der Waals surface area contributed by atoms with Crippen LogP contribution in [-0.4, -0.2) is 59.5 Å². The highest BCUT2D eigenvalue weighted by atomic mass is 19.1. The zero-order valence-corrected chi connectivity index (χ0v) is 18.9. The van der Waals surface area contributed by atoms with Crippen molar-refractivity contribution < 1.29 is 23.4 Å². The van der Waals surface area contributed by atoms with Crippen LogP contribution < -0.4 is 15.2 Å². The molecule has 1 amide bonds. The maximum atomic E-state index is 14.8. The fraction of sp³-hybridized carbons (Fsp3) is 0.417. The molecular weight excluding hydrogens is 427 g/mol. The monoisotopic (exact) mass is 456 g/mol. The second-order valence-corrected chi connectivity index (χ2v) is 8.11. The molecule has 0 bridgehead atoms. The number of aryl methyl sites for hydroxylation is 1. The van der Waals surface area contributed by atoms with E-state index in [4.69, 9.17) is 19.9 Å². The standard InChI is InChI=1S/C24H29FN4O4/c1-3-18-15-31-10-8-29(18)7-4-9-32-19-5-6-21(20(25)13-19)33-22-12-16(24(26)30)11-17-14-27-28(2)23(17)22/h5-6,11-14,18H,3-4,7-10,15H2,1-2H3,(H2,26,30). The van der Waals surface area contributed by atoms with E-state index in [0.29, 0.717) is 35.1 Å². The lowest BCUT2D eigenvalue weighted by molar-refractivity contribution is -0.0102. The molecule has 4 rings (SSSR count). The van der Waals surface area contributed by atoms with Crippen LogP contribution in [0.4, 0.5) is 4.39 Å². The number of amides is 1. The maximum absolute atomic E-state index is 14.8. The molecule has 2 heterocycles. The molecule has 0 radical (unpaired) electrons. The number of benzene rings is 2. The Kier molecular flexibility index (Phi) is 7.10. The second kappa shape index (κ2) is 10.2. The molecule has 1 fully saturated rings. The third kappa shape index (κ3) is 5.26. The van der Waals surface area contributed by atoms with E-state index in [9.17, 15) is 9.18 Å². The van der Waals surface area contributed by atoms with Crippen LogP contribution in [0.1, 0.15) is 30.1 Å². The van der Waals surface area contributed by atoms with Gasteiger partial charge in [0, 0.05) is 43.2 Å². The highest BCUT2D eigenvalue weighted by molar-refractivity contribution is 5.99. The number of fused-ring (bicyclic) bond motifs is 1. The van der Waals surface area contributed by atoms with Crippen LogP contribution in [0.2, 0.25) is 0 Å². The summed E-state index contributed by atoms with van der Waals surface area (Å²) >= 11 is 0. The van der Waals surface area contributed by atoms with Crippen molar-refractivity contribution >= 4 is 16.8 Å². The molecule has 2 N–H and O–H groups in total. The fourth-order valence-electron chi connectivity index (χ4n) is 4.09. The summed E-state index contributed by atoms with van der Waals surface area (Å²) in [7, 11) is 1.74. The lowest BCUT2D eigenvalue weighted by Gasteiger charge is -2.34. The summed E-state index contributed by atoms with van der Waals surface area (Å²) in [4.78, 5) is 14.1. The molecule has 1 aromatic heterocycles. The van der Waals surface area contributed by atoms with E-state index >= 15 is 0 Å². The van der Waals surface area contributed by atoms with Crippen molar-refractivity contribution in [1.29, 1.82) is 0 Å². The van der Waals surface area contributed by atoms with Gasteiger partial charge in [0.1, 0.15) is 11.3 Å². The molecule has 176 valence electrons. The Labute approximate surface area is 192 Å². The third-order valence-corrected chi connectivity index (χ3v) is 5.88. The summed E-state index contributed by atoms with van der Waals surface area (Å²) in [5.41, 5.74) is 6.32. The van der Waals surface area contributed by atoms with E-state index < -0.39 is 11.7 Å². The summed E-state index contributed by atoms with van der Waals surface area (Å²) in [6, 6.07) is 8.05. The average molecular weight is 457 g/mol. The molecule has 0 spiro atoms. The Bertz CT molecular complexity index is 1130. The minimum absolute atomic E-state index is 0.0191. The molecule has 3 aromatic rings. The SMILES string of the molecule is CCC1COCCN1CCCOc1ccc(Oc2cc(C(N)=O)cc3cnn(C)c23)c(F)c1. The number of morpholine rings is 1. The molecule has 1 unspecified atom stereocenters. The number of nitrogens with two attached hydrogens (primary N) is 1. The van der Waals surface area contributed by atoms with E-state index in [0.717, 1.165) is 39.1 Å². The molecule has 0 saturated carbocycles. The van der Waals surface area contributed by atoms with Crippen LogP contribution >= 0.6 is 0 Å². The van der Waals surface area contributed by atoms with Crippen LogP contribution in [0.15, 0.2) is 36.5 Å². The first kappa shape index (κ1) is 23.0. The average Bonchev–Trinajstić information content (AvgIpc) is 3.19. The van der Waals surface area contributed by atoms with Crippen molar-refractivity contribution in [2.75, 3.05) is 32.9 Å². The second-order valence-electron chi connectivity index (χ2n) is 8.11. The number of carbonyl (C=O) groups is 1. The van der Waals surface area contributed by atoms with Gasteiger partial charge in [0.15, 0.2) is 17.3 Å². The molecule has 1 aliphatic rings. The van der Waals surface area contributed by atoms with Gasteiger partial charge in [0.05, 0.1) is 26.0 Å². The van der Waals surface area contributed by atoms with Gasteiger partial charge in [0.25, 0.3) is 0 Å². The van der Waals surface area contributed by atoms with Crippen LogP contribution in [0.3, 0.4) is 0 Å². The van der Waals surface area contributed by atoms with Gasteiger partial charge < -0.3 is 19.9 Å². The Hall–Kier alpha value is -3.17. The first-order valence-electron chi connectivity index (χ1n) is 11.1. The van der Waals surface area contributed by atoms with Gasteiger partial charge in [-0.3, -0.25) is 14.4 Å². The lowest BCUT2D eigenvalue weighted by atomic mass is 10.1. The zero-order valence-electron chi connectivity index (χ0n) is 18.9. The predicted molar refractivity (Wildman–Crippen MR) is 122 cm³/mol. The molecule has 9 heteroatoms. The molecule has 0 aliphatic carbocycles. The van der Waals surface area contributed by atoms with E-state index in [2.05, 4.69) is 16.9 Å². The van der Waals surface area contributed by atoms with E-state index in [-0.39, 0.29) is 11.3 Å². The molecule has 1 atom stereocenters. The molecule has 8 nitrogen and oxygen atoms in total. The number of aromatic nitrogens is 2. The molecule has 33 heavy (non-hydrogen) atoms. The van der Waals surface area contributed by atoms with E-state index in [1.165, 1.54) is 18.2 Å². The van der Waals surface area contributed by atoms with Gasteiger partial charge in [-0.05, 0) is 37.1 Å². The summed E-state index contributed by atoms with van der Waals surface area (Å²) in [5, 5.41) is 4.86. The van der Waals surface area contributed by atoms with Gasteiger partial charge in [-0.15, -0.1) is 0 Å². The molecule has 2 aromatic carbocycles. The highest BCUT2D eigenvalue weighted by Gasteiger charge is 2.20. The van der Waals surface area contributed by atoms with Crippen LogP contribution in [0.25, 0.3) is 10.9 Å². The molecule has 1 aliphatic heterocycles. The van der Waals surface area contributed by atoms with Gasteiger partial charge in [-0.25, -0.2) is 4.39 Å². The maximum Gasteiger partial charge on any atom is 0.248 e. The first-order chi connectivity index (χ1) is 16.0. The Morgan fingerprint density at radius 2 is 2.15 bits per heavy atom. The number of ether oxygens (including phenoxy) is 3. The number of carbonyl (C=O) groups excluding carboxylic acids is 1. The van der Waals surface area contributed by atoms with Crippen LogP contribution in [0.5, 0.6) is 17.2 Å². The number of rotatable bonds is 9. The van der Waals surface area contributed by atoms with Gasteiger partial charge in [-0.2, -0.15) is 5.10 Å². The Balaban J connectivity index is 1.40. The Morgan fingerprint density at radius 1 is 1.30 bits per heavy atom. The fourth-order valence-corrected chi connectivity index (χ4v) is 4.09.